The molecule has 0 fully saturated rings. The van der Waals surface area contributed by atoms with Gasteiger partial charge in [-0.15, -0.1) is 0 Å². The van der Waals surface area contributed by atoms with E-state index in [0.717, 1.165) is 30.1 Å². The molecule has 7 heteroatoms. The zero-order chi connectivity index (χ0) is 16.3. The molecule has 1 aromatic carbocycles. The Kier molecular flexibility index (Phi) is 4.75. The van der Waals surface area contributed by atoms with Gasteiger partial charge in [0.05, 0.1) is 12.9 Å². The van der Waals surface area contributed by atoms with Crippen molar-refractivity contribution in [3.05, 3.63) is 29.3 Å². The number of hydrogen-bond donors (Lipinski definition) is 1. The van der Waals surface area contributed by atoms with E-state index in [2.05, 4.69) is 0 Å². The van der Waals surface area contributed by atoms with Crippen LogP contribution in [0.2, 0.25) is 0 Å². The Morgan fingerprint density at radius 2 is 2.23 bits per heavy atom. The predicted molar refractivity (Wildman–Crippen MR) is 83.4 cm³/mol. The molecule has 0 saturated carbocycles. The molecular weight excluding hydrogens is 306 g/mol. The molecule has 1 heterocycles. The SMILES string of the molecule is CCOc1cc2c(cc1/C=C\C(=O)NS(C)(=O)=O)O[C@@H](C)C2. The Morgan fingerprint density at radius 1 is 1.50 bits per heavy atom. The zero-order valence-corrected chi connectivity index (χ0v) is 13.6. The van der Waals surface area contributed by atoms with Gasteiger partial charge in [0.2, 0.25) is 10.0 Å². The summed E-state index contributed by atoms with van der Waals surface area (Å²) in [7, 11) is -3.57. The van der Waals surface area contributed by atoms with E-state index < -0.39 is 15.9 Å². The molecule has 1 aromatic rings. The van der Waals surface area contributed by atoms with Crippen LogP contribution in [0, 0.1) is 0 Å². The van der Waals surface area contributed by atoms with Crippen LogP contribution in [-0.2, 0) is 21.2 Å². The normalized spacial score (nSPS) is 17.1. The van der Waals surface area contributed by atoms with Gasteiger partial charge in [-0.05, 0) is 32.1 Å². The van der Waals surface area contributed by atoms with Crippen molar-refractivity contribution in [3.63, 3.8) is 0 Å². The smallest absolute Gasteiger partial charge is 0.257 e. The van der Waals surface area contributed by atoms with Crippen molar-refractivity contribution in [3.8, 4) is 11.5 Å². The Bertz CT molecular complexity index is 709. The summed E-state index contributed by atoms with van der Waals surface area (Å²) in [6.07, 6.45) is 4.52. The highest BCUT2D eigenvalue weighted by atomic mass is 32.2. The number of fused-ring (bicyclic) bond motifs is 1. The lowest BCUT2D eigenvalue weighted by atomic mass is 10.1. The first-order valence-corrected chi connectivity index (χ1v) is 8.84. The minimum Gasteiger partial charge on any atom is -0.493 e. The lowest BCUT2D eigenvalue weighted by molar-refractivity contribution is -0.114. The number of rotatable bonds is 5. The molecule has 2 rings (SSSR count). The van der Waals surface area contributed by atoms with Gasteiger partial charge in [-0.2, -0.15) is 0 Å². The summed E-state index contributed by atoms with van der Waals surface area (Å²) in [5.74, 6) is 0.696. The largest absolute Gasteiger partial charge is 0.493 e. The van der Waals surface area contributed by atoms with Crippen molar-refractivity contribution >= 4 is 22.0 Å². The van der Waals surface area contributed by atoms with Gasteiger partial charge in [0.25, 0.3) is 5.91 Å². The zero-order valence-electron chi connectivity index (χ0n) is 12.8. The molecule has 0 aromatic heterocycles. The van der Waals surface area contributed by atoms with Gasteiger partial charge >= 0.3 is 0 Å². The first-order valence-electron chi connectivity index (χ1n) is 6.94. The maximum Gasteiger partial charge on any atom is 0.257 e. The van der Waals surface area contributed by atoms with E-state index in [9.17, 15) is 13.2 Å². The van der Waals surface area contributed by atoms with Crippen molar-refractivity contribution in [1.82, 2.24) is 4.72 Å². The number of amides is 1. The van der Waals surface area contributed by atoms with Crippen LogP contribution in [0.1, 0.15) is 25.0 Å². The lowest BCUT2D eigenvalue weighted by Crippen LogP contribution is -2.27. The second kappa shape index (κ2) is 6.39. The molecule has 1 aliphatic heterocycles. The average Bonchev–Trinajstić information content (AvgIpc) is 2.73. The van der Waals surface area contributed by atoms with Crippen LogP contribution in [-0.4, -0.2) is 33.3 Å². The summed E-state index contributed by atoms with van der Waals surface area (Å²) in [5, 5.41) is 0. The van der Waals surface area contributed by atoms with Gasteiger partial charge in [-0.25, -0.2) is 13.1 Å². The van der Waals surface area contributed by atoms with Crippen molar-refractivity contribution in [2.45, 2.75) is 26.4 Å². The monoisotopic (exact) mass is 325 g/mol. The molecule has 22 heavy (non-hydrogen) atoms. The van der Waals surface area contributed by atoms with E-state index in [1.807, 2.05) is 24.6 Å². The Balaban J connectivity index is 2.26. The second-order valence-corrected chi connectivity index (χ2v) is 6.88. The lowest BCUT2D eigenvalue weighted by Gasteiger charge is -2.10. The van der Waals surface area contributed by atoms with Gasteiger partial charge in [-0.1, -0.05) is 0 Å². The van der Waals surface area contributed by atoms with E-state index in [1.54, 1.807) is 6.07 Å². The van der Waals surface area contributed by atoms with Crippen LogP contribution < -0.4 is 14.2 Å². The summed E-state index contributed by atoms with van der Waals surface area (Å²) in [6, 6.07) is 3.70. The fraction of sp³-hybridized carbons (Fsp3) is 0.400. The Morgan fingerprint density at radius 3 is 2.86 bits per heavy atom. The number of benzene rings is 1. The third-order valence-corrected chi connectivity index (χ3v) is 3.60. The number of sulfonamides is 1. The molecule has 1 N–H and O–H groups in total. The van der Waals surface area contributed by atoms with Crippen LogP contribution >= 0.6 is 0 Å². The van der Waals surface area contributed by atoms with E-state index in [0.29, 0.717) is 17.9 Å². The number of ether oxygens (including phenoxy) is 2. The maximum atomic E-state index is 11.5. The van der Waals surface area contributed by atoms with Crippen LogP contribution in [0.4, 0.5) is 0 Å². The molecular formula is C15H19NO5S. The van der Waals surface area contributed by atoms with E-state index >= 15 is 0 Å². The molecule has 0 unspecified atom stereocenters. The van der Waals surface area contributed by atoms with E-state index in [-0.39, 0.29) is 6.10 Å². The molecule has 1 amide bonds. The third-order valence-electron chi connectivity index (χ3n) is 3.03. The fourth-order valence-corrected chi connectivity index (χ4v) is 2.68. The van der Waals surface area contributed by atoms with Gasteiger partial charge in [0.15, 0.2) is 0 Å². The highest BCUT2D eigenvalue weighted by Crippen LogP contribution is 2.35. The van der Waals surface area contributed by atoms with Crippen LogP contribution in [0.3, 0.4) is 0 Å². The standard InChI is InChI=1S/C15H19NO5S/c1-4-20-13-9-12-7-10(2)21-14(12)8-11(13)5-6-15(17)16-22(3,18)19/h5-6,8-10H,4,7H2,1-3H3,(H,16,17)/b6-5-/t10-/m0/s1. The number of hydrogen-bond acceptors (Lipinski definition) is 5. The topological polar surface area (TPSA) is 81.7 Å². The van der Waals surface area contributed by atoms with Crippen LogP contribution in [0.5, 0.6) is 11.5 Å². The van der Waals surface area contributed by atoms with Crippen LogP contribution in [0.15, 0.2) is 18.2 Å². The predicted octanol–water partition coefficient (Wildman–Crippen LogP) is 1.50. The van der Waals surface area contributed by atoms with Crippen molar-refractivity contribution in [2.75, 3.05) is 12.9 Å². The molecule has 0 bridgehead atoms. The molecule has 120 valence electrons. The molecule has 0 aliphatic carbocycles. The maximum absolute atomic E-state index is 11.5. The molecule has 6 nitrogen and oxygen atoms in total. The minimum absolute atomic E-state index is 0.109. The highest BCUT2D eigenvalue weighted by Gasteiger charge is 2.21. The molecule has 1 atom stereocenters. The van der Waals surface area contributed by atoms with Crippen LogP contribution in [0.25, 0.3) is 6.08 Å². The summed E-state index contributed by atoms with van der Waals surface area (Å²) in [5.41, 5.74) is 1.73. The van der Waals surface area contributed by atoms with Gasteiger partial charge in [-0.3, -0.25) is 4.79 Å². The molecule has 0 spiro atoms. The van der Waals surface area contributed by atoms with Gasteiger partial charge in [0, 0.05) is 23.6 Å². The Labute approximate surface area is 130 Å². The van der Waals surface area contributed by atoms with Crippen molar-refractivity contribution < 1.29 is 22.7 Å². The van der Waals surface area contributed by atoms with E-state index in [4.69, 9.17) is 9.47 Å². The first-order chi connectivity index (χ1) is 10.3. The molecule has 0 saturated heterocycles. The number of carbonyl (C=O) groups is 1. The van der Waals surface area contributed by atoms with Crippen molar-refractivity contribution in [1.29, 1.82) is 0 Å². The quantitative estimate of drug-likeness (QED) is 0.830. The van der Waals surface area contributed by atoms with Gasteiger partial charge < -0.3 is 9.47 Å². The Hall–Kier alpha value is -2.02. The summed E-state index contributed by atoms with van der Waals surface area (Å²) in [4.78, 5) is 11.5. The fourth-order valence-electron chi connectivity index (χ4n) is 2.25. The van der Waals surface area contributed by atoms with Gasteiger partial charge in [0.1, 0.15) is 17.6 Å². The average molecular weight is 325 g/mol. The summed E-state index contributed by atoms with van der Waals surface area (Å²) in [6.45, 7) is 4.34. The number of nitrogens with one attached hydrogen (secondary N) is 1. The van der Waals surface area contributed by atoms with E-state index in [1.165, 1.54) is 6.08 Å². The molecule has 1 aliphatic rings. The highest BCUT2D eigenvalue weighted by molar-refractivity contribution is 7.89. The first kappa shape index (κ1) is 16.4. The third kappa shape index (κ3) is 4.24. The second-order valence-electron chi connectivity index (χ2n) is 5.14. The van der Waals surface area contributed by atoms with Crippen molar-refractivity contribution in [2.24, 2.45) is 0 Å². The molecule has 0 radical (unpaired) electrons. The minimum atomic E-state index is -3.57. The number of carbonyl (C=O) groups excluding carboxylic acids is 1. The summed E-state index contributed by atoms with van der Waals surface area (Å²) >= 11 is 0. The summed E-state index contributed by atoms with van der Waals surface area (Å²) < 4.78 is 35.1.